The zero-order chi connectivity index (χ0) is 16.5. The molecule has 1 fully saturated rings. The van der Waals surface area contributed by atoms with E-state index in [-0.39, 0.29) is 0 Å². The first kappa shape index (κ1) is 15.6. The Morgan fingerprint density at radius 2 is 1.75 bits per heavy atom. The van der Waals surface area contributed by atoms with Crippen LogP contribution in [0.1, 0.15) is 36.8 Å². The summed E-state index contributed by atoms with van der Waals surface area (Å²) in [6.45, 7) is 6.55. The maximum absolute atomic E-state index is 4.70. The fraction of sp³-hybridized carbons (Fsp3) is 0.400. The standard InChI is InChI=1S/C20H23N3S/c1-14-7-8-16(15(2)11-14)17-12-24-20-18(17)19(21-13-22-20)23-9-5-3-4-6-10-23/h7-8,11-13H,3-6,9-10H2,1-2H3. The Labute approximate surface area is 147 Å². The lowest BCUT2D eigenvalue weighted by atomic mass is 9.99. The summed E-state index contributed by atoms with van der Waals surface area (Å²) in [5.41, 5.74) is 5.21. The van der Waals surface area contributed by atoms with Crippen molar-refractivity contribution in [2.45, 2.75) is 39.5 Å². The zero-order valence-corrected chi connectivity index (χ0v) is 15.2. The molecule has 2 aromatic heterocycles. The second kappa shape index (κ2) is 6.52. The number of hydrogen-bond acceptors (Lipinski definition) is 4. The molecule has 0 aliphatic carbocycles. The third-order valence-electron chi connectivity index (χ3n) is 4.93. The smallest absolute Gasteiger partial charge is 0.141 e. The van der Waals surface area contributed by atoms with Gasteiger partial charge in [-0.25, -0.2) is 9.97 Å². The number of hydrogen-bond donors (Lipinski definition) is 0. The highest BCUT2D eigenvalue weighted by atomic mass is 32.1. The Kier molecular flexibility index (Phi) is 4.23. The van der Waals surface area contributed by atoms with E-state index in [9.17, 15) is 0 Å². The molecule has 0 saturated carbocycles. The summed E-state index contributed by atoms with van der Waals surface area (Å²) >= 11 is 1.73. The number of rotatable bonds is 2. The van der Waals surface area contributed by atoms with E-state index < -0.39 is 0 Å². The number of thiophene rings is 1. The van der Waals surface area contributed by atoms with Crippen molar-refractivity contribution in [3.8, 4) is 11.1 Å². The first-order valence-corrected chi connectivity index (χ1v) is 9.67. The molecule has 3 heterocycles. The average molecular weight is 337 g/mol. The number of anilines is 1. The van der Waals surface area contributed by atoms with Crippen LogP contribution < -0.4 is 4.90 Å². The third-order valence-corrected chi connectivity index (χ3v) is 5.81. The summed E-state index contributed by atoms with van der Waals surface area (Å²) in [7, 11) is 0. The van der Waals surface area contributed by atoms with Gasteiger partial charge in [0.25, 0.3) is 0 Å². The van der Waals surface area contributed by atoms with Crippen LogP contribution >= 0.6 is 11.3 Å². The van der Waals surface area contributed by atoms with Crippen LogP contribution in [0.5, 0.6) is 0 Å². The summed E-state index contributed by atoms with van der Waals surface area (Å²) in [4.78, 5) is 12.8. The molecule has 124 valence electrons. The molecule has 0 atom stereocenters. The summed E-state index contributed by atoms with van der Waals surface area (Å²) in [5.74, 6) is 1.12. The molecule has 1 aromatic carbocycles. The van der Waals surface area contributed by atoms with E-state index in [0.717, 1.165) is 23.7 Å². The van der Waals surface area contributed by atoms with Crippen molar-refractivity contribution < 1.29 is 0 Å². The highest BCUT2D eigenvalue weighted by Crippen LogP contribution is 2.39. The summed E-state index contributed by atoms with van der Waals surface area (Å²) < 4.78 is 0. The van der Waals surface area contributed by atoms with Crippen molar-refractivity contribution in [1.82, 2.24) is 9.97 Å². The van der Waals surface area contributed by atoms with Crippen molar-refractivity contribution in [2.75, 3.05) is 18.0 Å². The molecule has 0 bridgehead atoms. The third kappa shape index (κ3) is 2.80. The molecule has 1 aliphatic rings. The molecule has 0 amide bonds. The van der Waals surface area contributed by atoms with Gasteiger partial charge in [0.1, 0.15) is 17.0 Å². The molecule has 1 saturated heterocycles. The summed E-state index contributed by atoms with van der Waals surface area (Å²) in [6.07, 6.45) is 6.91. The molecule has 0 N–H and O–H groups in total. The van der Waals surface area contributed by atoms with Crippen molar-refractivity contribution in [1.29, 1.82) is 0 Å². The van der Waals surface area contributed by atoms with E-state index in [1.807, 2.05) is 0 Å². The molecule has 3 nitrogen and oxygen atoms in total. The van der Waals surface area contributed by atoms with E-state index in [1.54, 1.807) is 17.7 Å². The van der Waals surface area contributed by atoms with Crippen molar-refractivity contribution in [2.24, 2.45) is 0 Å². The Morgan fingerprint density at radius 1 is 0.958 bits per heavy atom. The van der Waals surface area contributed by atoms with Gasteiger partial charge in [-0.15, -0.1) is 11.3 Å². The van der Waals surface area contributed by atoms with Gasteiger partial charge in [-0.2, -0.15) is 0 Å². The summed E-state index contributed by atoms with van der Waals surface area (Å²) in [6, 6.07) is 6.70. The number of fused-ring (bicyclic) bond motifs is 1. The van der Waals surface area contributed by atoms with Crippen LogP contribution in [0, 0.1) is 13.8 Å². The minimum absolute atomic E-state index is 1.10. The lowest BCUT2D eigenvalue weighted by Gasteiger charge is -2.22. The van der Waals surface area contributed by atoms with Gasteiger partial charge in [0, 0.05) is 24.0 Å². The fourth-order valence-electron chi connectivity index (χ4n) is 3.70. The SMILES string of the molecule is Cc1ccc(-c2csc3ncnc(N4CCCCCC4)c23)c(C)c1. The molecular formula is C20H23N3S. The van der Waals surface area contributed by atoms with Crippen LogP contribution in [0.25, 0.3) is 21.3 Å². The van der Waals surface area contributed by atoms with E-state index in [4.69, 9.17) is 4.98 Å². The van der Waals surface area contributed by atoms with Crippen LogP contribution in [-0.4, -0.2) is 23.1 Å². The van der Waals surface area contributed by atoms with Crippen molar-refractivity contribution in [3.63, 3.8) is 0 Å². The predicted octanol–water partition coefficient (Wildman–Crippen LogP) is 5.36. The zero-order valence-electron chi connectivity index (χ0n) is 14.4. The van der Waals surface area contributed by atoms with E-state index >= 15 is 0 Å². The fourth-order valence-corrected chi connectivity index (χ4v) is 4.60. The predicted molar refractivity (Wildman–Crippen MR) is 103 cm³/mol. The lowest BCUT2D eigenvalue weighted by molar-refractivity contribution is 0.726. The normalized spacial score (nSPS) is 15.7. The maximum Gasteiger partial charge on any atom is 0.141 e. The molecule has 4 heteroatoms. The highest BCUT2D eigenvalue weighted by Gasteiger charge is 2.19. The van der Waals surface area contributed by atoms with Gasteiger partial charge in [-0.1, -0.05) is 36.6 Å². The number of nitrogens with zero attached hydrogens (tertiary/aromatic N) is 3. The first-order valence-electron chi connectivity index (χ1n) is 8.79. The number of aryl methyl sites for hydroxylation is 2. The monoisotopic (exact) mass is 337 g/mol. The topological polar surface area (TPSA) is 29.0 Å². The van der Waals surface area contributed by atoms with Crippen molar-refractivity contribution >= 4 is 27.4 Å². The minimum Gasteiger partial charge on any atom is -0.356 e. The Bertz CT molecular complexity index is 860. The second-order valence-corrected chi connectivity index (χ2v) is 7.60. The molecule has 4 rings (SSSR count). The Balaban J connectivity index is 1.88. The van der Waals surface area contributed by atoms with Crippen LogP contribution in [0.4, 0.5) is 5.82 Å². The minimum atomic E-state index is 1.10. The Morgan fingerprint density at radius 3 is 2.50 bits per heavy atom. The lowest BCUT2D eigenvalue weighted by Crippen LogP contribution is -2.25. The van der Waals surface area contributed by atoms with Gasteiger partial charge in [0.05, 0.1) is 5.39 Å². The molecule has 0 spiro atoms. The first-order chi connectivity index (χ1) is 11.7. The van der Waals surface area contributed by atoms with Gasteiger partial charge in [-0.3, -0.25) is 0 Å². The molecule has 24 heavy (non-hydrogen) atoms. The van der Waals surface area contributed by atoms with Gasteiger partial charge in [0.2, 0.25) is 0 Å². The maximum atomic E-state index is 4.70. The van der Waals surface area contributed by atoms with E-state index in [1.165, 1.54) is 53.3 Å². The number of benzene rings is 1. The molecular weight excluding hydrogens is 314 g/mol. The van der Waals surface area contributed by atoms with Crippen LogP contribution in [0.2, 0.25) is 0 Å². The van der Waals surface area contributed by atoms with Gasteiger partial charge in [0.15, 0.2) is 0 Å². The van der Waals surface area contributed by atoms with Gasteiger partial charge >= 0.3 is 0 Å². The second-order valence-electron chi connectivity index (χ2n) is 6.75. The molecule has 0 radical (unpaired) electrons. The molecule has 1 aliphatic heterocycles. The summed E-state index contributed by atoms with van der Waals surface area (Å²) in [5, 5.41) is 3.48. The average Bonchev–Trinajstić information content (AvgIpc) is 2.82. The van der Waals surface area contributed by atoms with E-state index in [0.29, 0.717) is 0 Å². The van der Waals surface area contributed by atoms with Crippen LogP contribution in [0.3, 0.4) is 0 Å². The Hall–Kier alpha value is -1.94. The van der Waals surface area contributed by atoms with Crippen LogP contribution in [-0.2, 0) is 0 Å². The van der Waals surface area contributed by atoms with E-state index in [2.05, 4.69) is 47.3 Å². The van der Waals surface area contributed by atoms with Gasteiger partial charge in [-0.05, 0) is 37.8 Å². The quantitative estimate of drug-likeness (QED) is 0.631. The van der Waals surface area contributed by atoms with Crippen molar-refractivity contribution in [3.05, 3.63) is 41.0 Å². The molecule has 3 aromatic rings. The number of aromatic nitrogens is 2. The molecule has 0 unspecified atom stereocenters. The van der Waals surface area contributed by atoms with Gasteiger partial charge < -0.3 is 4.90 Å². The largest absolute Gasteiger partial charge is 0.356 e. The highest BCUT2D eigenvalue weighted by molar-refractivity contribution is 7.17. The van der Waals surface area contributed by atoms with Crippen LogP contribution in [0.15, 0.2) is 29.9 Å².